The van der Waals surface area contributed by atoms with Gasteiger partial charge in [0.05, 0.1) is 11.2 Å². The lowest BCUT2D eigenvalue weighted by Gasteiger charge is -2.09. The molecule has 2 N–H and O–H groups in total. The van der Waals surface area contributed by atoms with Crippen molar-refractivity contribution < 1.29 is 9.90 Å². The first-order chi connectivity index (χ1) is 9.75. The monoisotopic (exact) mass is 264 g/mol. The van der Waals surface area contributed by atoms with E-state index in [2.05, 4.69) is 10.3 Å². The molecular formula is C16H12N2O2. The van der Waals surface area contributed by atoms with E-state index >= 15 is 0 Å². The SMILES string of the molecule is O=C(Nc1ccc(O)c2cccnc12)c1ccccc1. The van der Waals surface area contributed by atoms with Crippen LogP contribution in [0.5, 0.6) is 5.75 Å². The van der Waals surface area contributed by atoms with Gasteiger partial charge in [-0.1, -0.05) is 18.2 Å². The van der Waals surface area contributed by atoms with Crippen molar-refractivity contribution in [2.45, 2.75) is 0 Å². The number of pyridine rings is 1. The molecule has 0 saturated carbocycles. The Balaban J connectivity index is 2.00. The number of rotatable bonds is 2. The van der Waals surface area contributed by atoms with Gasteiger partial charge in [0.15, 0.2) is 0 Å². The lowest BCUT2D eigenvalue weighted by Crippen LogP contribution is -2.12. The number of hydrogen-bond acceptors (Lipinski definition) is 3. The van der Waals surface area contributed by atoms with Crippen molar-refractivity contribution in [1.29, 1.82) is 0 Å². The van der Waals surface area contributed by atoms with Gasteiger partial charge in [-0.15, -0.1) is 0 Å². The Morgan fingerprint density at radius 2 is 1.80 bits per heavy atom. The molecule has 2 aromatic carbocycles. The Morgan fingerprint density at radius 3 is 2.60 bits per heavy atom. The fourth-order valence-electron chi connectivity index (χ4n) is 2.04. The van der Waals surface area contributed by atoms with E-state index in [9.17, 15) is 9.90 Å². The predicted octanol–water partition coefficient (Wildman–Crippen LogP) is 3.19. The summed E-state index contributed by atoms with van der Waals surface area (Å²) in [6.45, 7) is 0. The maximum atomic E-state index is 12.1. The molecule has 1 aromatic heterocycles. The number of anilines is 1. The molecule has 1 heterocycles. The van der Waals surface area contributed by atoms with Crippen LogP contribution in [0.2, 0.25) is 0 Å². The summed E-state index contributed by atoms with van der Waals surface area (Å²) in [4.78, 5) is 16.4. The number of carbonyl (C=O) groups excluding carboxylic acids is 1. The largest absolute Gasteiger partial charge is 0.507 e. The van der Waals surface area contributed by atoms with Crippen molar-refractivity contribution in [1.82, 2.24) is 4.98 Å². The number of carbonyl (C=O) groups is 1. The van der Waals surface area contributed by atoms with Crippen LogP contribution in [0.25, 0.3) is 10.9 Å². The van der Waals surface area contributed by atoms with Crippen LogP contribution < -0.4 is 5.32 Å². The number of aromatic nitrogens is 1. The van der Waals surface area contributed by atoms with Crippen molar-refractivity contribution in [3.8, 4) is 5.75 Å². The van der Waals surface area contributed by atoms with E-state index in [1.54, 1.807) is 42.6 Å². The minimum atomic E-state index is -0.205. The lowest BCUT2D eigenvalue weighted by molar-refractivity contribution is 0.102. The minimum absolute atomic E-state index is 0.144. The number of hydrogen-bond donors (Lipinski definition) is 2. The Morgan fingerprint density at radius 1 is 1.00 bits per heavy atom. The van der Waals surface area contributed by atoms with Gasteiger partial charge in [0.25, 0.3) is 5.91 Å². The topological polar surface area (TPSA) is 62.2 Å². The van der Waals surface area contributed by atoms with Crippen molar-refractivity contribution in [2.24, 2.45) is 0 Å². The van der Waals surface area contributed by atoms with E-state index < -0.39 is 0 Å². The van der Waals surface area contributed by atoms with Gasteiger partial charge in [0, 0.05) is 17.1 Å². The smallest absolute Gasteiger partial charge is 0.255 e. The van der Waals surface area contributed by atoms with Gasteiger partial charge >= 0.3 is 0 Å². The van der Waals surface area contributed by atoms with E-state index in [1.165, 1.54) is 0 Å². The van der Waals surface area contributed by atoms with E-state index in [4.69, 9.17) is 0 Å². The van der Waals surface area contributed by atoms with E-state index in [0.29, 0.717) is 22.2 Å². The fourth-order valence-corrected chi connectivity index (χ4v) is 2.04. The van der Waals surface area contributed by atoms with Crippen LogP contribution in [-0.2, 0) is 0 Å². The van der Waals surface area contributed by atoms with Crippen molar-refractivity contribution in [3.05, 3.63) is 66.4 Å². The molecule has 0 radical (unpaired) electrons. The maximum Gasteiger partial charge on any atom is 0.255 e. The molecule has 3 rings (SSSR count). The molecule has 3 aromatic rings. The molecule has 0 spiro atoms. The summed E-state index contributed by atoms with van der Waals surface area (Å²) < 4.78 is 0. The second-order valence-corrected chi connectivity index (χ2v) is 4.35. The Hall–Kier alpha value is -2.88. The normalized spacial score (nSPS) is 10.4. The standard InChI is InChI=1S/C16H12N2O2/c19-14-9-8-13(15-12(14)7-4-10-17-15)18-16(20)11-5-2-1-3-6-11/h1-10,19H,(H,18,20). The van der Waals surface area contributed by atoms with Gasteiger partial charge in [-0.25, -0.2) is 0 Å². The fraction of sp³-hybridized carbons (Fsp3) is 0. The molecule has 98 valence electrons. The molecule has 0 bridgehead atoms. The highest BCUT2D eigenvalue weighted by Crippen LogP contribution is 2.29. The van der Waals surface area contributed by atoms with Crippen LogP contribution in [-0.4, -0.2) is 16.0 Å². The third-order valence-electron chi connectivity index (χ3n) is 3.03. The van der Waals surface area contributed by atoms with Crippen LogP contribution >= 0.6 is 0 Å². The number of nitrogens with one attached hydrogen (secondary N) is 1. The van der Waals surface area contributed by atoms with Gasteiger partial charge in [-0.05, 0) is 36.4 Å². The summed E-state index contributed by atoms with van der Waals surface area (Å²) >= 11 is 0. The summed E-state index contributed by atoms with van der Waals surface area (Å²) in [5.41, 5.74) is 1.72. The van der Waals surface area contributed by atoms with Crippen LogP contribution in [0.3, 0.4) is 0 Å². The van der Waals surface area contributed by atoms with Crippen LogP contribution in [0.15, 0.2) is 60.8 Å². The zero-order chi connectivity index (χ0) is 13.9. The molecule has 0 atom stereocenters. The zero-order valence-electron chi connectivity index (χ0n) is 10.6. The molecule has 0 saturated heterocycles. The Kier molecular flexibility index (Phi) is 3.05. The second kappa shape index (κ2) is 5.01. The first-order valence-electron chi connectivity index (χ1n) is 6.19. The summed E-state index contributed by atoms with van der Waals surface area (Å²) in [5, 5.41) is 13.2. The zero-order valence-corrected chi connectivity index (χ0v) is 10.6. The molecule has 0 aliphatic heterocycles. The van der Waals surface area contributed by atoms with Gasteiger partial charge in [0.1, 0.15) is 5.75 Å². The van der Waals surface area contributed by atoms with E-state index in [1.807, 2.05) is 18.2 Å². The van der Waals surface area contributed by atoms with Crippen molar-refractivity contribution >= 4 is 22.5 Å². The molecule has 0 fully saturated rings. The number of nitrogens with zero attached hydrogens (tertiary/aromatic N) is 1. The molecule has 20 heavy (non-hydrogen) atoms. The van der Waals surface area contributed by atoms with Gasteiger partial charge in [-0.3, -0.25) is 9.78 Å². The number of amides is 1. The third-order valence-corrected chi connectivity index (χ3v) is 3.03. The number of phenolic OH excluding ortho intramolecular Hbond substituents is 1. The first kappa shape index (κ1) is 12.2. The average molecular weight is 264 g/mol. The van der Waals surface area contributed by atoms with Gasteiger partial charge < -0.3 is 10.4 Å². The lowest BCUT2D eigenvalue weighted by atomic mass is 10.1. The quantitative estimate of drug-likeness (QED) is 0.699. The number of aromatic hydroxyl groups is 1. The molecule has 4 heteroatoms. The van der Waals surface area contributed by atoms with E-state index in [0.717, 1.165) is 0 Å². The van der Waals surface area contributed by atoms with Crippen LogP contribution in [0, 0.1) is 0 Å². The van der Waals surface area contributed by atoms with Crippen LogP contribution in [0.4, 0.5) is 5.69 Å². The molecule has 0 aliphatic carbocycles. The van der Waals surface area contributed by atoms with Crippen LogP contribution in [0.1, 0.15) is 10.4 Å². The van der Waals surface area contributed by atoms with Crippen molar-refractivity contribution in [3.63, 3.8) is 0 Å². The number of fused-ring (bicyclic) bond motifs is 1. The van der Waals surface area contributed by atoms with E-state index in [-0.39, 0.29) is 11.7 Å². The summed E-state index contributed by atoms with van der Waals surface area (Å²) in [6.07, 6.45) is 1.62. The first-order valence-corrected chi connectivity index (χ1v) is 6.19. The highest BCUT2D eigenvalue weighted by molar-refractivity contribution is 6.08. The molecular weight excluding hydrogens is 252 g/mol. The summed E-state index contributed by atoms with van der Waals surface area (Å²) in [7, 11) is 0. The highest BCUT2D eigenvalue weighted by Gasteiger charge is 2.10. The highest BCUT2D eigenvalue weighted by atomic mass is 16.3. The summed E-state index contributed by atoms with van der Waals surface area (Å²) in [6, 6.07) is 15.6. The Labute approximate surface area is 115 Å². The molecule has 0 unspecified atom stereocenters. The molecule has 0 aliphatic rings. The molecule has 1 amide bonds. The Bertz CT molecular complexity index is 770. The summed E-state index contributed by atoms with van der Waals surface area (Å²) in [5.74, 6) is -0.0611. The molecule has 4 nitrogen and oxygen atoms in total. The minimum Gasteiger partial charge on any atom is -0.507 e. The predicted molar refractivity (Wildman–Crippen MR) is 77.8 cm³/mol. The number of benzene rings is 2. The second-order valence-electron chi connectivity index (χ2n) is 4.35. The number of phenols is 1. The maximum absolute atomic E-state index is 12.1. The van der Waals surface area contributed by atoms with Crippen molar-refractivity contribution in [2.75, 3.05) is 5.32 Å². The van der Waals surface area contributed by atoms with Gasteiger partial charge in [0.2, 0.25) is 0 Å². The van der Waals surface area contributed by atoms with Gasteiger partial charge in [-0.2, -0.15) is 0 Å². The third kappa shape index (κ3) is 2.19. The average Bonchev–Trinajstić information content (AvgIpc) is 2.51.